The van der Waals surface area contributed by atoms with Gasteiger partial charge in [-0.25, -0.2) is 0 Å². The van der Waals surface area contributed by atoms with Crippen molar-refractivity contribution in [3.05, 3.63) is 89.4 Å². The molecule has 0 unspecified atom stereocenters. The Morgan fingerprint density at radius 3 is 2.62 bits per heavy atom. The number of rotatable bonds is 11. The van der Waals surface area contributed by atoms with Crippen LogP contribution >= 0.6 is 0 Å². The molecule has 1 heterocycles. The summed E-state index contributed by atoms with van der Waals surface area (Å²) < 4.78 is 0. The van der Waals surface area contributed by atoms with Crippen molar-refractivity contribution in [2.45, 2.75) is 40.2 Å². The van der Waals surface area contributed by atoms with Gasteiger partial charge in [-0.1, -0.05) is 61.5 Å². The summed E-state index contributed by atoms with van der Waals surface area (Å²) in [4.78, 5) is 27.6. The van der Waals surface area contributed by atoms with Gasteiger partial charge in [-0.3, -0.25) is 14.7 Å². The lowest BCUT2D eigenvalue weighted by atomic mass is 10.1. The van der Waals surface area contributed by atoms with E-state index in [1.807, 2.05) is 69.3 Å². The minimum Gasteiger partial charge on any atom is -0.381 e. The number of carbonyl (C=O) groups excluding carboxylic acids is 2. The van der Waals surface area contributed by atoms with E-state index < -0.39 is 0 Å². The van der Waals surface area contributed by atoms with Crippen molar-refractivity contribution in [1.82, 2.24) is 25.7 Å². The first-order valence-corrected chi connectivity index (χ1v) is 11.6. The average Bonchev–Trinajstić information content (AvgIpc) is 3.33. The highest BCUT2D eigenvalue weighted by atomic mass is 16.2. The first-order valence-electron chi connectivity index (χ1n) is 11.6. The van der Waals surface area contributed by atoms with Crippen molar-refractivity contribution in [2.75, 3.05) is 13.1 Å². The predicted molar refractivity (Wildman–Crippen MR) is 136 cm³/mol. The Hall–Kier alpha value is -3.87. The molecule has 0 fully saturated rings. The number of carbonyl (C=O) groups is 2. The van der Waals surface area contributed by atoms with Gasteiger partial charge in [-0.05, 0) is 43.9 Å². The maximum absolute atomic E-state index is 13.4. The third-order valence-corrected chi connectivity index (χ3v) is 5.60. The number of allylic oxidation sites excluding steroid dienone is 3. The number of amides is 2. The second-order valence-electron chi connectivity index (χ2n) is 8.08. The number of fused-ring (bicyclic) bond motifs is 1. The lowest BCUT2D eigenvalue weighted by Crippen LogP contribution is -2.42. The Morgan fingerprint density at radius 2 is 1.88 bits per heavy atom. The SMILES string of the molecule is C/C=C(/C)N(CC(=O)NCc1ccc2cn[nH]c2c1)C(=O)/C(=C/CC)NCCc1ccccc1. The zero-order valence-corrected chi connectivity index (χ0v) is 20.1. The standard InChI is InChI=1S/C27H33N5O2/c1-4-9-24(28-15-14-21-10-7-6-8-11-21)27(34)32(20(3)5-2)19-26(33)29-17-22-12-13-23-18-30-31-25(23)16-22/h5-13,16,18,28H,4,14-15,17,19H2,1-3H3,(H,29,33)(H,30,31)/b20-5-,24-9-. The summed E-state index contributed by atoms with van der Waals surface area (Å²) in [6, 6.07) is 16.0. The van der Waals surface area contributed by atoms with Gasteiger partial charge in [0, 0.05) is 24.2 Å². The molecule has 0 saturated heterocycles. The number of aromatic amines is 1. The van der Waals surface area contributed by atoms with Crippen molar-refractivity contribution >= 4 is 22.7 Å². The number of aromatic nitrogens is 2. The summed E-state index contributed by atoms with van der Waals surface area (Å²) in [6.07, 6.45) is 6.99. The highest BCUT2D eigenvalue weighted by Gasteiger charge is 2.22. The zero-order chi connectivity index (χ0) is 24.3. The van der Waals surface area contributed by atoms with Crippen molar-refractivity contribution in [3.63, 3.8) is 0 Å². The number of nitrogens with one attached hydrogen (secondary N) is 3. The van der Waals surface area contributed by atoms with Crippen molar-refractivity contribution in [2.24, 2.45) is 0 Å². The van der Waals surface area contributed by atoms with Gasteiger partial charge in [0.25, 0.3) is 5.91 Å². The summed E-state index contributed by atoms with van der Waals surface area (Å²) in [5.41, 5.74) is 4.32. The molecule has 0 bridgehead atoms. The second kappa shape index (κ2) is 12.4. The van der Waals surface area contributed by atoms with E-state index in [1.54, 1.807) is 6.20 Å². The molecule has 2 aromatic carbocycles. The van der Waals surface area contributed by atoms with E-state index in [4.69, 9.17) is 0 Å². The maximum Gasteiger partial charge on any atom is 0.274 e. The normalized spacial score (nSPS) is 12.0. The van der Waals surface area contributed by atoms with Crippen LogP contribution in [-0.4, -0.2) is 40.0 Å². The van der Waals surface area contributed by atoms with Crippen LogP contribution in [0.25, 0.3) is 10.9 Å². The third kappa shape index (κ3) is 6.81. The summed E-state index contributed by atoms with van der Waals surface area (Å²) >= 11 is 0. The van der Waals surface area contributed by atoms with Gasteiger partial charge in [-0.15, -0.1) is 0 Å². The smallest absolute Gasteiger partial charge is 0.274 e. The van der Waals surface area contributed by atoms with Gasteiger partial charge in [-0.2, -0.15) is 5.10 Å². The molecule has 0 saturated carbocycles. The van der Waals surface area contributed by atoms with Crippen LogP contribution in [0.15, 0.2) is 78.3 Å². The Balaban J connectivity index is 1.61. The van der Waals surface area contributed by atoms with Gasteiger partial charge in [0.05, 0.1) is 17.4 Å². The van der Waals surface area contributed by atoms with Gasteiger partial charge < -0.3 is 15.5 Å². The van der Waals surface area contributed by atoms with E-state index in [0.29, 0.717) is 25.2 Å². The van der Waals surface area contributed by atoms with E-state index >= 15 is 0 Å². The molecule has 34 heavy (non-hydrogen) atoms. The fourth-order valence-corrected chi connectivity index (χ4v) is 3.58. The van der Waals surface area contributed by atoms with Crippen LogP contribution in [0.4, 0.5) is 0 Å². The molecule has 0 aliphatic carbocycles. The number of hydrogen-bond acceptors (Lipinski definition) is 4. The van der Waals surface area contributed by atoms with E-state index in [2.05, 4.69) is 33.0 Å². The Morgan fingerprint density at radius 1 is 1.09 bits per heavy atom. The molecular weight excluding hydrogens is 426 g/mol. The first kappa shape index (κ1) is 24.8. The van der Waals surface area contributed by atoms with E-state index in [0.717, 1.165) is 28.6 Å². The van der Waals surface area contributed by atoms with Crippen LogP contribution in [0.2, 0.25) is 0 Å². The predicted octanol–water partition coefficient (Wildman–Crippen LogP) is 4.06. The molecule has 1 aromatic heterocycles. The highest BCUT2D eigenvalue weighted by molar-refractivity contribution is 5.96. The van der Waals surface area contributed by atoms with E-state index in [1.165, 1.54) is 10.5 Å². The third-order valence-electron chi connectivity index (χ3n) is 5.60. The topological polar surface area (TPSA) is 90.1 Å². The highest BCUT2D eigenvalue weighted by Crippen LogP contribution is 2.13. The lowest BCUT2D eigenvalue weighted by Gasteiger charge is -2.25. The van der Waals surface area contributed by atoms with Crippen LogP contribution in [0.3, 0.4) is 0 Å². The average molecular weight is 460 g/mol. The first-order chi connectivity index (χ1) is 16.5. The molecule has 3 N–H and O–H groups in total. The minimum atomic E-state index is -0.223. The van der Waals surface area contributed by atoms with Crippen molar-refractivity contribution < 1.29 is 9.59 Å². The van der Waals surface area contributed by atoms with Crippen LogP contribution < -0.4 is 10.6 Å². The van der Waals surface area contributed by atoms with Crippen LogP contribution in [0.5, 0.6) is 0 Å². The summed E-state index contributed by atoms with van der Waals surface area (Å²) in [6.45, 7) is 6.64. The molecular formula is C27H33N5O2. The summed E-state index contributed by atoms with van der Waals surface area (Å²) in [5, 5.41) is 14.2. The molecule has 0 radical (unpaired) electrons. The Kier molecular flexibility index (Phi) is 9.03. The second-order valence-corrected chi connectivity index (χ2v) is 8.08. The van der Waals surface area contributed by atoms with Gasteiger partial charge in [0.2, 0.25) is 5.91 Å². The molecule has 0 atom stereocenters. The lowest BCUT2D eigenvalue weighted by molar-refractivity contribution is -0.131. The fourth-order valence-electron chi connectivity index (χ4n) is 3.58. The summed E-state index contributed by atoms with van der Waals surface area (Å²) in [7, 11) is 0. The molecule has 7 nitrogen and oxygen atoms in total. The quantitative estimate of drug-likeness (QED) is 0.377. The van der Waals surface area contributed by atoms with Crippen LogP contribution in [0.1, 0.15) is 38.3 Å². The van der Waals surface area contributed by atoms with Crippen LogP contribution in [-0.2, 0) is 22.6 Å². The molecule has 3 aromatic rings. The monoisotopic (exact) mass is 459 g/mol. The number of hydrogen-bond donors (Lipinski definition) is 3. The molecule has 2 amide bonds. The minimum absolute atomic E-state index is 0.0528. The van der Waals surface area contributed by atoms with E-state index in [-0.39, 0.29) is 18.4 Å². The fraction of sp³-hybridized carbons (Fsp3) is 0.296. The number of nitrogens with zero attached hydrogens (tertiary/aromatic N) is 2. The zero-order valence-electron chi connectivity index (χ0n) is 20.1. The number of benzene rings is 2. The Bertz CT molecular complexity index is 1160. The maximum atomic E-state index is 13.4. The molecule has 0 spiro atoms. The molecule has 0 aliphatic heterocycles. The molecule has 178 valence electrons. The van der Waals surface area contributed by atoms with Crippen molar-refractivity contribution in [1.29, 1.82) is 0 Å². The largest absolute Gasteiger partial charge is 0.381 e. The number of H-pyrrole nitrogens is 1. The van der Waals surface area contributed by atoms with Gasteiger partial charge in [0.15, 0.2) is 0 Å². The van der Waals surface area contributed by atoms with E-state index in [9.17, 15) is 9.59 Å². The van der Waals surface area contributed by atoms with Gasteiger partial charge >= 0.3 is 0 Å². The molecule has 3 rings (SSSR count). The molecule has 0 aliphatic rings. The van der Waals surface area contributed by atoms with Gasteiger partial charge in [0.1, 0.15) is 6.54 Å². The van der Waals surface area contributed by atoms with Crippen molar-refractivity contribution in [3.8, 4) is 0 Å². The summed E-state index contributed by atoms with van der Waals surface area (Å²) in [5.74, 6) is -0.432. The molecule has 7 heteroatoms. The Labute approximate surface area is 200 Å². The van der Waals surface area contributed by atoms with Crippen LogP contribution in [0, 0.1) is 0 Å².